The maximum atomic E-state index is 5.65. The number of halogens is 1. The monoisotopic (exact) mass is 318 g/mol. The molecule has 5 heteroatoms. The Balaban J connectivity index is 0.00000176. The van der Waals surface area contributed by atoms with Gasteiger partial charge in [-0.1, -0.05) is 18.2 Å². The molecule has 2 aromatic carbocycles. The summed E-state index contributed by atoms with van der Waals surface area (Å²) < 4.78 is 11.3. The predicted molar refractivity (Wildman–Crippen MR) is 91.4 cm³/mol. The van der Waals surface area contributed by atoms with Gasteiger partial charge in [-0.2, -0.15) is 0 Å². The zero-order valence-electron chi connectivity index (χ0n) is 12.1. The van der Waals surface area contributed by atoms with Crippen LogP contribution in [0.25, 0.3) is 0 Å². The lowest BCUT2D eigenvalue weighted by atomic mass is 10.2. The van der Waals surface area contributed by atoms with E-state index in [0.717, 1.165) is 23.7 Å². The van der Waals surface area contributed by atoms with E-state index in [2.05, 4.69) is 17.0 Å². The minimum absolute atomic E-state index is 0. The van der Waals surface area contributed by atoms with Crippen LogP contribution in [0.3, 0.4) is 0 Å². The summed E-state index contributed by atoms with van der Waals surface area (Å²) in [7, 11) is 0. The second-order valence-corrected chi connectivity index (χ2v) is 4.88. The van der Waals surface area contributed by atoms with E-state index in [1.54, 1.807) is 6.26 Å². The Labute approximate surface area is 136 Å². The van der Waals surface area contributed by atoms with Gasteiger partial charge in [0.25, 0.3) is 0 Å². The first-order valence-corrected chi connectivity index (χ1v) is 6.95. The van der Waals surface area contributed by atoms with Gasteiger partial charge < -0.3 is 20.1 Å². The lowest BCUT2D eigenvalue weighted by Crippen LogP contribution is -2.35. The summed E-state index contributed by atoms with van der Waals surface area (Å²) >= 11 is 0. The maximum absolute atomic E-state index is 5.65. The summed E-state index contributed by atoms with van der Waals surface area (Å²) in [6.45, 7) is 2.24. The molecule has 0 aliphatic carbocycles. The van der Waals surface area contributed by atoms with Crippen molar-refractivity contribution in [2.75, 3.05) is 30.3 Å². The lowest BCUT2D eigenvalue weighted by molar-refractivity contribution is 0.182. The zero-order valence-corrected chi connectivity index (χ0v) is 13.0. The Morgan fingerprint density at radius 3 is 2.50 bits per heavy atom. The fraction of sp³-hybridized carbons (Fsp3) is 0.176. The van der Waals surface area contributed by atoms with E-state index in [1.807, 2.05) is 42.5 Å². The van der Waals surface area contributed by atoms with E-state index < -0.39 is 0 Å². The number of nitrogens with two attached hydrogens (primary N) is 1. The second kappa shape index (κ2) is 7.61. The van der Waals surface area contributed by atoms with Crippen LogP contribution in [0.5, 0.6) is 5.75 Å². The summed E-state index contributed by atoms with van der Waals surface area (Å²) in [5.74, 6) is 1.57. The SMILES string of the molecule is Cl.Nc1ccc(OC=C2CN(c3ccccc3)CCO2)cc1. The van der Waals surface area contributed by atoms with Crippen molar-refractivity contribution >= 4 is 23.8 Å². The molecule has 1 fully saturated rings. The van der Waals surface area contributed by atoms with Crippen LogP contribution < -0.4 is 15.4 Å². The third kappa shape index (κ3) is 4.09. The molecule has 1 heterocycles. The minimum Gasteiger partial charge on any atom is -0.491 e. The molecular formula is C17H19ClN2O2. The van der Waals surface area contributed by atoms with E-state index in [9.17, 15) is 0 Å². The van der Waals surface area contributed by atoms with Gasteiger partial charge >= 0.3 is 0 Å². The molecule has 0 spiro atoms. The number of benzene rings is 2. The van der Waals surface area contributed by atoms with Gasteiger partial charge in [0.2, 0.25) is 0 Å². The van der Waals surface area contributed by atoms with Crippen molar-refractivity contribution in [3.8, 4) is 5.75 Å². The van der Waals surface area contributed by atoms with Gasteiger partial charge in [-0.25, -0.2) is 0 Å². The van der Waals surface area contributed by atoms with E-state index >= 15 is 0 Å². The number of hydrogen-bond acceptors (Lipinski definition) is 4. The van der Waals surface area contributed by atoms with Gasteiger partial charge in [0, 0.05) is 11.4 Å². The quantitative estimate of drug-likeness (QED) is 0.695. The third-order valence-corrected chi connectivity index (χ3v) is 3.32. The molecule has 2 aromatic rings. The van der Waals surface area contributed by atoms with Gasteiger partial charge in [0.1, 0.15) is 18.6 Å². The molecular weight excluding hydrogens is 300 g/mol. The summed E-state index contributed by atoms with van der Waals surface area (Å²) in [5.41, 5.74) is 7.56. The van der Waals surface area contributed by atoms with Crippen LogP contribution in [0.1, 0.15) is 0 Å². The Hall–Kier alpha value is -2.33. The van der Waals surface area contributed by atoms with Crippen molar-refractivity contribution in [2.24, 2.45) is 0 Å². The third-order valence-electron chi connectivity index (χ3n) is 3.32. The van der Waals surface area contributed by atoms with Gasteiger partial charge in [0.05, 0.1) is 13.1 Å². The molecule has 116 valence electrons. The van der Waals surface area contributed by atoms with E-state index in [1.165, 1.54) is 5.69 Å². The predicted octanol–water partition coefficient (Wildman–Crippen LogP) is 3.45. The molecule has 1 aliphatic rings. The van der Waals surface area contributed by atoms with Gasteiger partial charge in [-0.15, -0.1) is 12.4 Å². The summed E-state index contributed by atoms with van der Waals surface area (Å²) in [5, 5.41) is 0. The highest BCUT2D eigenvalue weighted by molar-refractivity contribution is 5.85. The lowest BCUT2D eigenvalue weighted by Gasteiger charge is -2.30. The zero-order chi connectivity index (χ0) is 14.5. The average molecular weight is 319 g/mol. The molecule has 4 nitrogen and oxygen atoms in total. The number of morpholine rings is 1. The van der Waals surface area contributed by atoms with Gasteiger partial charge in [0.15, 0.2) is 5.76 Å². The standard InChI is InChI=1S/C17H18N2O2.ClH/c18-14-6-8-16(9-7-14)21-13-17-12-19(10-11-20-17)15-4-2-1-3-5-15;/h1-9,13H,10-12,18H2;1H. The Morgan fingerprint density at radius 1 is 1.05 bits per heavy atom. The van der Waals surface area contributed by atoms with E-state index in [0.29, 0.717) is 13.2 Å². The summed E-state index contributed by atoms with van der Waals surface area (Å²) in [6, 6.07) is 17.6. The number of nitrogen functional groups attached to an aromatic ring is 1. The Bertz CT molecular complexity index is 614. The molecule has 0 unspecified atom stereocenters. The van der Waals surface area contributed by atoms with Crippen molar-refractivity contribution in [3.63, 3.8) is 0 Å². The minimum atomic E-state index is 0. The first kappa shape index (κ1) is 16.0. The largest absolute Gasteiger partial charge is 0.491 e. The first-order chi connectivity index (χ1) is 10.3. The maximum Gasteiger partial charge on any atom is 0.150 e. The molecule has 2 N–H and O–H groups in total. The van der Waals surface area contributed by atoms with E-state index in [-0.39, 0.29) is 12.4 Å². The Morgan fingerprint density at radius 2 is 1.77 bits per heavy atom. The van der Waals surface area contributed by atoms with Gasteiger partial charge in [-0.3, -0.25) is 0 Å². The Kier molecular flexibility index (Phi) is 5.55. The molecule has 0 aromatic heterocycles. The molecule has 1 saturated heterocycles. The molecule has 0 amide bonds. The van der Waals surface area contributed by atoms with Crippen LogP contribution in [-0.2, 0) is 4.74 Å². The van der Waals surface area contributed by atoms with E-state index in [4.69, 9.17) is 15.2 Å². The van der Waals surface area contributed by atoms with Crippen LogP contribution in [-0.4, -0.2) is 19.7 Å². The van der Waals surface area contributed by atoms with Crippen molar-refractivity contribution in [1.82, 2.24) is 0 Å². The highest BCUT2D eigenvalue weighted by Gasteiger charge is 2.15. The summed E-state index contributed by atoms with van der Waals surface area (Å²) in [6.07, 6.45) is 1.67. The highest BCUT2D eigenvalue weighted by Crippen LogP contribution is 2.19. The van der Waals surface area contributed by atoms with Crippen molar-refractivity contribution in [1.29, 1.82) is 0 Å². The highest BCUT2D eigenvalue weighted by atomic mass is 35.5. The molecule has 0 radical (unpaired) electrons. The van der Waals surface area contributed by atoms with Crippen molar-refractivity contribution < 1.29 is 9.47 Å². The number of rotatable bonds is 3. The van der Waals surface area contributed by atoms with Crippen molar-refractivity contribution in [3.05, 3.63) is 66.6 Å². The topological polar surface area (TPSA) is 47.7 Å². The number of para-hydroxylation sites is 1. The van der Waals surface area contributed by atoms with Crippen molar-refractivity contribution in [2.45, 2.75) is 0 Å². The normalized spacial score (nSPS) is 15.8. The van der Waals surface area contributed by atoms with Crippen LogP contribution >= 0.6 is 12.4 Å². The summed E-state index contributed by atoms with van der Waals surface area (Å²) in [4.78, 5) is 2.27. The molecule has 0 saturated carbocycles. The van der Waals surface area contributed by atoms with Crippen LogP contribution in [0.2, 0.25) is 0 Å². The fourth-order valence-electron chi connectivity index (χ4n) is 2.21. The van der Waals surface area contributed by atoms with Crippen LogP contribution in [0, 0.1) is 0 Å². The van der Waals surface area contributed by atoms with Crippen LogP contribution in [0.4, 0.5) is 11.4 Å². The molecule has 22 heavy (non-hydrogen) atoms. The molecule has 0 atom stereocenters. The van der Waals surface area contributed by atoms with Crippen LogP contribution in [0.15, 0.2) is 66.6 Å². The fourth-order valence-corrected chi connectivity index (χ4v) is 2.21. The molecule has 3 rings (SSSR count). The molecule has 1 aliphatic heterocycles. The number of nitrogens with zero attached hydrogens (tertiary/aromatic N) is 1. The second-order valence-electron chi connectivity index (χ2n) is 4.88. The van der Waals surface area contributed by atoms with Gasteiger partial charge in [-0.05, 0) is 36.4 Å². The average Bonchev–Trinajstić information content (AvgIpc) is 2.55. The smallest absolute Gasteiger partial charge is 0.150 e. The number of ether oxygens (including phenoxy) is 2. The number of hydrogen-bond donors (Lipinski definition) is 1. The molecule has 0 bridgehead atoms. The first-order valence-electron chi connectivity index (χ1n) is 6.95. The number of anilines is 2.